The molecule has 3 heteroatoms. The van der Waals surface area contributed by atoms with Gasteiger partial charge in [0.2, 0.25) is 5.90 Å². The van der Waals surface area contributed by atoms with Crippen LogP contribution >= 0.6 is 0 Å². The van der Waals surface area contributed by atoms with Crippen LogP contribution in [0.15, 0.2) is 77.8 Å². The minimum Gasteiger partial charge on any atom is -0.468 e. The first-order chi connectivity index (χ1) is 10.9. The van der Waals surface area contributed by atoms with Crippen LogP contribution in [-0.2, 0) is 11.2 Å². The lowest BCUT2D eigenvalue weighted by molar-refractivity contribution is 0.239. The lowest BCUT2D eigenvalue weighted by atomic mass is 10.0. The Morgan fingerprint density at radius 3 is 2.36 bits per heavy atom. The van der Waals surface area contributed by atoms with Crippen molar-refractivity contribution in [2.75, 3.05) is 6.61 Å². The first kappa shape index (κ1) is 14.5. The van der Waals surface area contributed by atoms with Gasteiger partial charge in [0.15, 0.2) is 0 Å². The van der Waals surface area contributed by atoms with E-state index in [1.54, 1.807) is 6.08 Å². The van der Waals surface area contributed by atoms with Crippen LogP contribution in [-0.4, -0.2) is 29.8 Å². The summed E-state index contributed by atoms with van der Waals surface area (Å²) in [7, 11) is 0. The maximum absolute atomic E-state index is 9.01. The summed E-state index contributed by atoms with van der Waals surface area (Å²) in [6.07, 6.45) is 4.29. The third kappa shape index (κ3) is 3.43. The van der Waals surface area contributed by atoms with E-state index >= 15 is 0 Å². The van der Waals surface area contributed by atoms with Crippen molar-refractivity contribution in [2.45, 2.75) is 18.6 Å². The highest BCUT2D eigenvalue weighted by Gasteiger charge is 2.29. The third-order valence-electron chi connectivity index (χ3n) is 3.65. The molecular weight excluding hydrogens is 274 g/mol. The number of rotatable bonds is 5. The van der Waals surface area contributed by atoms with Crippen molar-refractivity contribution in [3.63, 3.8) is 0 Å². The van der Waals surface area contributed by atoms with Crippen LogP contribution in [0.3, 0.4) is 0 Å². The Morgan fingerprint density at radius 1 is 1.00 bits per heavy atom. The summed E-state index contributed by atoms with van der Waals surface area (Å²) < 4.78 is 5.99. The molecule has 0 bridgehead atoms. The molecule has 0 unspecified atom stereocenters. The van der Waals surface area contributed by atoms with Crippen molar-refractivity contribution in [1.29, 1.82) is 0 Å². The quantitative estimate of drug-likeness (QED) is 0.861. The van der Waals surface area contributed by atoms with E-state index < -0.39 is 0 Å². The van der Waals surface area contributed by atoms with E-state index in [9.17, 15) is 0 Å². The second-order valence-corrected chi connectivity index (χ2v) is 5.25. The van der Waals surface area contributed by atoms with Gasteiger partial charge in [0.25, 0.3) is 0 Å². The summed E-state index contributed by atoms with van der Waals surface area (Å²) >= 11 is 0. The molecule has 3 rings (SSSR count). The number of benzene rings is 2. The molecule has 2 aromatic rings. The molecular formula is C19H19NO2. The van der Waals surface area contributed by atoms with Gasteiger partial charge in [0.1, 0.15) is 6.10 Å². The fraction of sp³-hybridized carbons (Fsp3) is 0.211. The van der Waals surface area contributed by atoms with Crippen LogP contribution < -0.4 is 0 Å². The van der Waals surface area contributed by atoms with E-state index in [2.05, 4.69) is 12.1 Å². The van der Waals surface area contributed by atoms with Crippen LogP contribution in [0.1, 0.15) is 11.1 Å². The Bertz CT molecular complexity index is 650. The number of aliphatic hydroxyl groups is 1. The van der Waals surface area contributed by atoms with E-state index in [0.29, 0.717) is 5.90 Å². The summed E-state index contributed by atoms with van der Waals surface area (Å²) in [5.74, 6) is 0.675. The van der Waals surface area contributed by atoms with Gasteiger partial charge in [-0.3, -0.25) is 0 Å². The van der Waals surface area contributed by atoms with Gasteiger partial charge in [0.05, 0.1) is 12.6 Å². The first-order valence-corrected chi connectivity index (χ1v) is 7.48. The average Bonchev–Trinajstić information content (AvgIpc) is 2.97. The van der Waals surface area contributed by atoms with Gasteiger partial charge >= 0.3 is 0 Å². The zero-order chi connectivity index (χ0) is 15.2. The Labute approximate surface area is 130 Å². The Hall–Kier alpha value is -2.39. The predicted molar refractivity (Wildman–Crippen MR) is 88.0 cm³/mol. The minimum absolute atomic E-state index is 0.0125. The zero-order valence-corrected chi connectivity index (χ0v) is 12.3. The molecule has 0 spiro atoms. The van der Waals surface area contributed by atoms with E-state index in [4.69, 9.17) is 14.8 Å². The summed E-state index contributed by atoms with van der Waals surface area (Å²) in [5.41, 5.74) is 2.22. The Morgan fingerprint density at radius 2 is 1.68 bits per heavy atom. The minimum atomic E-state index is -0.137. The SMILES string of the molecule is OC/C=C/[C@@H]1OC(c2ccccc2)=N[C@H]1Cc1ccccc1. The molecule has 0 radical (unpaired) electrons. The Kier molecular flexibility index (Phi) is 4.66. The van der Waals surface area contributed by atoms with Gasteiger partial charge in [0, 0.05) is 5.56 Å². The standard InChI is InChI=1S/C19H19NO2/c21-13-7-12-18-17(14-15-8-3-1-4-9-15)20-19(22-18)16-10-5-2-6-11-16/h1-12,17-18,21H,13-14H2/b12-7+/t17-,18-/m0/s1. The van der Waals surface area contributed by atoms with E-state index in [1.807, 2.05) is 54.6 Å². The van der Waals surface area contributed by atoms with Crippen LogP contribution in [0.5, 0.6) is 0 Å². The maximum atomic E-state index is 9.01. The molecule has 0 aliphatic carbocycles. The van der Waals surface area contributed by atoms with Crippen molar-refractivity contribution in [3.05, 3.63) is 83.9 Å². The van der Waals surface area contributed by atoms with Crippen molar-refractivity contribution < 1.29 is 9.84 Å². The number of hydrogen-bond acceptors (Lipinski definition) is 3. The highest BCUT2D eigenvalue weighted by atomic mass is 16.5. The molecule has 2 atom stereocenters. The average molecular weight is 293 g/mol. The third-order valence-corrected chi connectivity index (χ3v) is 3.65. The zero-order valence-electron chi connectivity index (χ0n) is 12.3. The number of nitrogens with zero attached hydrogens (tertiary/aromatic N) is 1. The smallest absolute Gasteiger partial charge is 0.217 e. The van der Waals surface area contributed by atoms with Gasteiger partial charge in [-0.15, -0.1) is 0 Å². The lowest BCUT2D eigenvalue weighted by Crippen LogP contribution is -2.22. The lowest BCUT2D eigenvalue weighted by Gasteiger charge is -2.14. The molecule has 112 valence electrons. The fourth-order valence-electron chi connectivity index (χ4n) is 2.57. The van der Waals surface area contributed by atoms with Crippen molar-refractivity contribution in [2.24, 2.45) is 4.99 Å². The largest absolute Gasteiger partial charge is 0.468 e. The fourth-order valence-corrected chi connectivity index (χ4v) is 2.57. The van der Waals surface area contributed by atoms with Gasteiger partial charge < -0.3 is 9.84 Å². The topological polar surface area (TPSA) is 41.8 Å². The van der Waals surface area contributed by atoms with E-state index in [1.165, 1.54) is 5.56 Å². The second kappa shape index (κ2) is 7.05. The van der Waals surface area contributed by atoms with Gasteiger partial charge in [-0.25, -0.2) is 4.99 Å². The number of aliphatic hydroxyl groups excluding tert-OH is 1. The number of hydrogen-bond donors (Lipinski definition) is 1. The van der Waals surface area contributed by atoms with Crippen LogP contribution in [0.4, 0.5) is 0 Å². The van der Waals surface area contributed by atoms with Crippen molar-refractivity contribution in [3.8, 4) is 0 Å². The molecule has 1 heterocycles. The van der Waals surface area contributed by atoms with Crippen LogP contribution in [0.2, 0.25) is 0 Å². The van der Waals surface area contributed by atoms with Gasteiger partial charge in [-0.1, -0.05) is 54.6 Å². The maximum Gasteiger partial charge on any atom is 0.217 e. The highest BCUT2D eigenvalue weighted by Crippen LogP contribution is 2.22. The van der Waals surface area contributed by atoms with E-state index in [-0.39, 0.29) is 18.8 Å². The van der Waals surface area contributed by atoms with Gasteiger partial charge in [-0.05, 0) is 30.2 Å². The molecule has 0 saturated heterocycles. The molecule has 1 N–H and O–H groups in total. The number of ether oxygens (including phenoxy) is 1. The van der Waals surface area contributed by atoms with Gasteiger partial charge in [-0.2, -0.15) is 0 Å². The monoisotopic (exact) mass is 293 g/mol. The second-order valence-electron chi connectivity index (χ2n) is 5.25. The Balaban J connectivity index is 1.82. The predicted octanol–water partition coefficient (Wildman–Crippen LogP) is 2.99. The highest BCUT2D eigenvalue weighted by molar-refractivity contribution is 5.95. The first-order valence-electron chi connectivity index (χ1n) is 7.48. The summed E-state index contributed by atoms with van der Waals surface area (Å²) in [5, 5.41) is 9.01. The summed E-state index contributed by atoms with van der Waals surface area (Å²) in [6.45, 7) is 0.0125. The van der Waals surface area contributed by atoms with E-state index in [0.717, 1.165) is 12.0 Å². The molecule has 0 saturated carbocycles. The molecule has 22 heavy (non-hydrogen) atoms. The summed E-state index contributed by atoms with van der Waals surface area (Å²) in [6, 6.07) is 20.2. The van der Waals surface area contributed by atoms with Crippen molar-refractivity contribution >= 4 is 5.90 Å². The molecule has 0 amide bonds. The normalized spacial score (nSPS) is 20.9. The molecule has 2 aromatic carbocycles. The molecule has 3 nitrogen and oxygen atoms in total. The molecule has 0 aromatic heterocycles. The molecule has 0 fully saturated rings. The molecule has 1 aliphatic heterocycles. The summed E-state index contributed by atoms with van der Waals surface area (Å²) in [4.78, 5) is 4.75. The molecule has 1 aliphatic rings. The number of aliphatic imine (C=N–C) groups is 1. The van der Waals surface area contributed by atoms with Crippen LogP contribution in [0, 0.1) is 0 Å². The van der Waals surface area contributed by atoms with Crippen molar-refractivity contribution in [1.82, 2.24) is 0 Å². The van der Waals surface area contributed by atoms with Crippen LogP contribution in [0.25, 0.3) is 0 Å².